The van der Waals surface area contributed by atoms with Gasteiger partial charge in [0.1, 0.15) is 0 Å². The molecule has 0 saturated heterocycles. The van der Waals surface area contributed by atoms with Crippen LogP contribution in [-0.2, 0) is 17.8 Å². The quantitative estimate of drug-likeness (QED) is 0.134. The fourth-order valence-corrected chi connectivity index (χ4v) is 10.9. The first kappa shape index (κ1) is 48.8. The highest BCUT2D eigenvalue weighted by Gasteiger charge is 2.35. The van der Waals surface area contributed by atoms with Gasteiger partial charge < -0.3 is 4.57 Å². The molecular weight excluding hydrogens is 945 g/mol. The monoisotopic (exact) mass is 995 g/mol. The molecule has 0 unspecified atom stereocenters. The minimum absolute atomic E-state index is 0.0845. The van der Waals surface area contributed by atoms with Crippen LogP contribution < -0.4 is 0 Å². The standard InChI is InChI=1S/C68H51F6N/c1-42-18-6-8-20-52(42)48-34-46(36-50(38-48)54-22-10-15-27-61(54)67(69,70)71)44-30-32-64-58(40-44)59-41-45(31-33-65(59)75(64)63-29-17-13-25-57(63)56-24-12-14-26-60(56)66(3,4)5)47-35-49(53-21-9-7-19-43(53)2)39-51(37-47)55-23-11-16-28-62(55)68(72,73)74/h6-41H,1-5H3. The predicted octanol–water partition coefficient (Wildman–Crippen LogP) is 20.4. The molecule has 10 aromatic carbocycles. The molecule has 0 N–H and O–H groups in total. The second kappa shape index (κ2) is 18.8. The first-order valence-corrected chi connectivity index (χ1v) is 25.0. The van der Waals surface area contributed by atoms with Crippen LogP contribution in [0.5, 0.6) is 0 Å². The minimum Gasteiger partial charge on any atom is -0.309 e. The fourth-order valence-electron chi connectivity index (χ4n) is 10.9. The molecule has 0 aliphatic heterocycles. The van der Waals surface area contributed by atoms with Crippen molar-refractivity contribution in [2.75, 3.05) is 0 Å². The molecule has 7 heteroatoms. The zero-order valence-electron chi connectivity index (χ0n) is 42.0. The minimum atomic E-state index is -4.58. The summed E-state index contributed by atoms with van der Waals surface area (Å²) in [6.07, 6.45) is -9.17. The van der Waals surface area contributed by atoms with Crippen LogP contribution in [0, 0.1) is 13.8 Å². The molecule has 11 rings (SSSR count). The Labute approximate surface area is 433 Å². The lowest BCUT2D eigenvalue weighted by molar-refractivity contribution is -0.137. The van der Waals surface area contributed by atoms with E-state index in [1.807, 2.05) is 123 Å². The van der Waals surface area contributed by atoms with Crippen molar-refractivity contribution in [3.8, 4) is 83.6 Å². The number of alkyl halides is 6. The summed E-state index contributed by atoms with van der Waals surface area (Å²) >= 11 is 0. The fraction of sp³-hybridized carbons (Fsp3) is 0.118. The smallest absolute Gasteiger partial charge is 0.309 e. The van der Waals surface area contributed by atoms with Crippen LogP contribution in [-0.4, -0.2) is 4.57 Å². The molecule has 0 aliphatic carbocycles. The van der Waals surface area contributed by atoms with Crippen LogP contribution in [0.25, 0.3) is 105 Å². The Balaban J connectivity index is 1.19. The summed E-state index contributed by atoms with van der Waals surface area (Å²) in [5, 5.41) is 1.78. The molecule has 0 aliphatic rings. The van der Waals surface area contributed by atoms with Crippen molar-refractivity contribution in [3.05, 3.63) is 246 Å². The Morgan fingerprint density at radius 3 is 1.04 bits per heavy atom. The maximum Gasteiger partial charge on any atom is 0.417 e. The van der Waals surface area contributed by atoms with E-state index < -0.39 is 23.5 Å². The normalized spacial score (nSPS) is 12.2. The summed E-state index contributed by atoms with van der Waals surface area (Å²) < 4.78 is 90.7. The Morgan fingerprint density at radius 2 is 0.627 bits per heavy atom. The van der Waals surface area contributed by atoms with Crippen LogP contribution in [0.15, 0.2) is 218 Å². The number of nitrogens with zero attached hydrogens (tertiary/aromatic N) is 1. The number of aryl methyl sites for hydroxylation is 2. The van der Waals surface area contributed by atoms with Crippen LogP contribution in [0.4, 0.5) is 26.3 Å². The van der Waals surface area contributed by atoms with Crippen molar-refractivity contribution in [1.82, 2.24) is 4.57 Å². The van der Waals surface area contributed by atoms with Crippen LogP contribution >= 0.6 is 0 Å². The highest BCUT2D eigenvalue weighted by molar-refractivity contribution is 6.12. The average Bonchev–Trinajstić information content (AvgIpc) is 3.77. The number of rotatable bonds is 8. The van der Waals surface area contributed by atoms with Gasteiger partial charge in [-0.25, -0.2) is 0 Å². The molecule has 0 saturated carbocycles. The molecule has 1 heterocycles. The lowest BCUT2D eigenvalue weighted by Crippen LogP contribution is -2.13. The number of benzene rings is 10. The summed E-state index contributed by atoms with van der Waals surface area (Å²) in [5.41, 5.74) is 13.9. The molecule has 0 bridgehead atoms. The van der Waals surface area contributed by atoms with E-state index in [-0.39, 0.29) is 16.5 Å². The number of hydrogen-bond donors (Lipinski definition) is 0. The van der Waals surface area contributed by atoms with Gasteiger partial charge in [0.2, 0.25) is 0 Å². The molecule has 1 nitrogen and oxygen atoms in total. The van der Waals surface area contributed by atoms with Gasteiger partial charge in [-0.2, -0.15) is 26.3 Å². The summed E-state index contributed by atoms with van der Waals surface area (Å²) in [7, 11) is 0. The molecule has 370 valence electrons. The van der Waals surface area contributed by atoms with E-state index in [2.05, 4.69) is 86.0 Å². The number of hydrogen-bond acceptors (Lipinski definition) is 0. The maximum atomic E-state index is 14.7. The molecule has 0 spiro atoms. The lowest BCUT2D eigenvalue weighted by atomic mass is 9.81. The van der Waals surface area contributed by atoms with E-state index in [1.54, 1.807) is 12.1 Å². The summed E-state index contributed by atoms with van der Waals surface area (Å²) in [4.78, 5) is 0. The van der Waals surface area contributed by atoms with Crippen LogP contribution in [0.1, 0.15) is 48.6 Å². The molecule has 11 aromatic rings. The zero-order chi connectivity index (χ0) is 52.4. The molecular formula is C68H51F6N. The van der Waals surface area contributed by atoms with E-state index >= 15 is 0 Å². The molecule has 0 radical (unpaired) electrons. The van der Waals surface area contributed by atoms with Crippen molar-refractivity contribution in [3.63, 3.8) is 0 Å². The Bertz CT molecular complexity index is 3790. The first-order chi connectivity index (χ1) is 35.9. The summed E-state index contributed by atoms with van der Waals surface area (Å²) in [5.74, 6) is 0. The number of halogens is 6. The van der Waals surface area contributed by atoms with Gasteiger partial charge >= 0.3 is 12.4 Å². The van der Waals surface area contributed by atoms with Gasteiger partial charge in [0, 0.05) is 16.3 Å². The average molecular weight is 996 g/mol. The van der Waals surface area contributed by atoms with Gasteiger partial charge in [0.05, 0.1) is 27.8 Å². The molecule has 0 amide bonds. The van der Waals surface area contributed by atoms with E-state index in [0.29, 0.717) is 11.1 Å². The summed E-state index contributed by atoms with van der Waals surface area (Å²) in [6.45, 7) is 10.6. The maximum absolute atomic E-state index is 14.7. The third-order valence-corrected chi connectivity index (χ3v) is 14.5. The molecule has 1 aromatic heterocycles. The zero-order valence-corrected chi connectivity index (χ0v) is 42.0. The predicted molar refractivity (Wildman–Crippen MR) is 297 cm³/mol. The van der Waals surface area contributed by atoms with Gasteiger partial charge in [-0.15, -0.1) is 0 Å². The van der Waals surface area contributed by atoms with Crippen molar-refractivity contribution in [2.24, 2.45) is 0 Å². The summed E-state index contributed by atoms with van der Waals surface area (Å²) in [6, 6.07) is 67.9. The van der Waals surface area contributed by atoms with Crippen molar-refractivity contribution in [1.29, 1.82) is 0 Å². The largest absolute Gasteiger partial charge is 0.417 e. The number of aromatic nitrogens is 1. The van der Waals surface area contributed by atoms with E-state index in [0.717, 1.165) is 106 Å². The molecule has 75 heavy (non-hydrogen) atoms. The van der Waals surface area contributed by atoms with Gasteiger partial charge in [0.25, 0.3) is 0 Å². The van der Waals surface area contributed by atoms with E-state index in [1.165, 1.54) is 29.8 Å². The third kappa shape index (κ3) is 9.22. The SMILES string of the molecule is Cc1ccccc1-c1cc(-c2ccc3c(c2)c2cc(-c4cc(-c5ccccc5C)cc(-c5ccccc5C(F)(F)F)c4)ccc2n3-c2ccccc2-c2ccccc2C(C)(C)C)cc(-c2ccccc2C(F)(F)F)c1. The van der Waals surface area contributed by atoms with Crippen molar-refractivity contribution >= 4 is 21.8 Å². The van der Waals surface area contributed by atoms with Crippen LogP contribution in [0.2, 0.25) is 0 Å². The Morgan fingerprint density at radius 1 is 0.293 bits per heavy atom. The first-order valence-electron chi connectivity index (χ1n) is 25.0. The van der Waals surface area contributed by atoms with Gasteiger partial charge in [0.15, 0.2) is 0 Å². The van der Waals surface area contributed by atoms with Crippen molar-refractivity contribution < 1.29 is 26.3 Å². The van der Waals surface area contributed by atoms with Gasteiger partial charge in [-0.1, -0.05) is 160 Å². The third-order valence-electron chi connectivity index (χ3n) is 14.5. The number of fused-ring (bicyclic) bond motifs is 3. The highest BCUT2D eigenvalue weighted by Crippen LogP contribution is 2.46. The van der Waals surface area contributed by atoms with E-state index in [4.69, 9.17) is 0 Å². The van der Waals surface area contributed by atoms with Gasteiger partial charge in [-0.05, 0) is 187 Å². The number of para-hydroxylation sites is 1. The van der Waals surface area contributed by atoms with E-state index in [9.17, 15) is 26.3 Å². The molecule has 0 fully saturated rings. The van der Waals surface area contributed by atoms with Gasteiger partial charge in [-0.3, -0.25) is 0 Å². The second-order valence-corrected chi connectivity index (χ2v) is 20.4. The van der Waals surface area contributed by atoms with Crippen molar-refractivity contribution in [2.45, 2.75) is 52.4 Å². The lowest BCUT2D eigenvalue weighted by Gasteiger charge is -2.24. The Kier molecular flexibility index (Phi) is 12.2. The second-order valence-electron chi connectivity index (χ2n) is 20.4. The van der Waals surface area contributed by atoms with Crippen LogP contribution in [0.3, 0.4) is 0 Å². The highest BCUT2D eigenvalue weighted by atomic mass is 19.4. The molecule has 0 atom stereocenters. The topological polar surface area (TPSA) is 4.93 Å². The Hall–Kier alpha value is -8.42.